The molecule has 0 N–H and O–H groups in total. The van der Waals surface area contributed by atoms with Gasteiger partial charge in [-0.05, 0) is 64.7 Å². The van der Waals surface area contributed by atoms with Gasteiger partial charge in [0, 0.05) is 9.37 Å². The summed E-state index contributed by atoms with van der Waals surface area (Å²) in [6.07, 6.45) is 2.04. The van der Waals surface area contributed by atoms with Crippen molar-refractivity contribution in [2.75, 3.05) is 6.26 Å². The highest BCUT2D eigenvalue weighted by Gasteiger charge is 2.02. The summed E-state index contributed by atoms with van der Waals surface area (Å²) < 4.78 is 6.45. The van der Waals surface area contributed by atoms with E-state index >= 15 is 0 Å². The molecule has 0 aliphatic carbocycles. The zero-order chi connectivity index (χ0) is 13.0. The van der Waals surface area contributed by atoms with E-state index in [4.69, 9.17) is 10.00 Å². The van der Waals surface area contributed by atoms with Crippen LogP contribution in [-0.4, -0.2) is 6.26 Å². The third kappa shape index (κ3) is 3.06. The van der Waals surface area contributed by atoms with Gasteiger partial charge in [-0.2, -0.15) is 5.26 Å². The summed E-state index contributed by atoms with van der Waals surface area (Å²) >= 11 is 5.03. The molecule has 2 aromatic rings. The van der Waals surface area contributed by atoms with Gasteiger partial charge in [0.2, 0.25) is 0 Å². The maximum Gasteiger partial charge on any atom is 0.128 e. The molecule has 0 spiro atoms. The zero-order valence-electron chi connectivity index (χ0n) is 9.68. The highest BCUT2D eigenvalue weighted by molar-refractivity contribution is 9.10. The van der Waals surface area contributed by atoms with Crippen LogP contribution in [-0.2, 0) is 0 Å². The number of rotatable bonds is 3. The first-order valence-electron chi connectivity index (χ1n) is 5.24. The summed E-state index contributed by atoms with van der Waals surface area (Å²) in [4.78, 5) is 1.20. The Morgan fingerprint density at radius 2 is 1.78 bits per heavy atom. The predicted octanol–water partition coefficient (Wildman–Crippen LogP) is 4.83. The van der Waals surface area contributed by atoms with Crippen LogP contribution in [0.1, 0.15) is 5.56 Å². The maximum atomic E-state index is 8.83. The van der Waals surface area contributed by atoms with Crippen molar-refractivity contribution in [3.05, 3.63) is 52.5 Å². The number of halogens is 1. The van der Waals surface area contributed by atoms with E-state index < -0.39 is 0 Å². The van der Waals surface area contributed by atoms with E-state index in [1.807, 2.05) is 30.5 Å². The molecule has 0 saturated heterocycles. The molecule has 0 radical (unpaired) electrons. The van der Waals surface area contributed by atoms with Crippen LogP contribution in [0.5, 0.6) is 11.5 Å². The molecule has 0 heterocycles. The third-order valence-corrected chi connectivity index (χ3v) is 3.76. The Morgan fingerprint density at radius 1 is 1.11 bits per heavy atom. The first kappa shape index (κ1) is 13.0. The van der Waals surface area contributed by atoms with Crippen molar-refractivity contribution < 1.29 is 4.74 Å². The number of benzene rings is 2. The quantitative estimate of drug-likeness (QED) is 0.759. The highest BCUT2D eigenvalue weighted by atomic mass is 79.9. The average Bonchev–Trinajstić information content (AvgIpc) is 2.40. The monoisotopic (exact) mass is 319 g/mol. The molecule has 0 fully saturated rings. The van der Waals surface area contributed by atoms with Crippen molar-refractivity contribution in [2.45, 2.75) is 4.90 Å². The van der Waals surface area contributed by atoms with Crippen molar-refractivity contribution in [1.29, 1.82) is 5.26 Å². The number of nitriles is 1. The summed E-state index contributed by atoms with van der Waals surface area (Å²) in [5, 5.41) is 8.83. The minimum Gasteiger partial charge on any atom is -0.457 e. The molecule has 0 aromatic heterocycles. The fourth-order valence-corrected chi connectivity index (χ4v) is 2.28. The van der Waals surface area contributed by atoms with Crippen molar-refractivity contribution in [3.8, 4) is 17.6 Å². The second kappa shape index (κ2) is 5.94. The normalized spacial score (nSPS) is 9.83. The predicted molar refractivity (Wildman–Crippen MR) is 77.2 cm³/mol. The van der Waals surface area contributed by atoms with Gasteiger partial charge in [-0.25, -0.2) is 0 Å². The Bertz CT molecular complexity index is 590. The summed E-state index contributed by atoms with van der Waals surface area (Å²) in [7, 11) is 0. The molecule has 90 valence electrons. The van der Waals surface area contributed by atoms with Crippen LogP contribution < -0.4 is 4.74 Å². The largest absolute Gasteiger partial charge is 0.457 e. The molecular formula is C14H10BrNOS. The highest BCUT2D eigenvalue weighted by Crippen LogP contribution is 2.27. The minimum absolute atomic E-state index is 0.597. The number of nitrogens with zero attached hydrogens (tertiary/aromatic N) is 1. The second-order valence-electron chi connectivity index (χ2n) is 3.53. The lowest BCUT2D eigenvalue weighted by atomic mass is 10.2. The molecule has 18 heavy (non-hydrogen) atoms. The molecule has 0 amide bonds. The Labute approximate surface area is 119 Å². The van der Waals surface area contributed by atoms with E-state index in [1.54, 1.807) is 30.0 Å². The molecule has 0 aliphatic rings. The van der Waals surface area contributed by atoms with Crippen LogP contribution in [0.3, 0.4) is 0 Å². The van der Waals surface area contributed by atoms with Gasteiger partial charge >= 0.3 is 0 Å². The topological polar surface area (TPSA) is 33.0 Å². The number of hydrogen-bond acceptors (Lipinski definition) is 3. The Kier molecular flexibility index (Phi) is 4.29. The summed E-state index contributed by atoms with van der Waals surface area (Å²) in [6, 6.07) is 15.3. The molecule has 0 bridgehead atoms. The fraction of sp³-hybridized carbons (Fsp3) is 0.0714. The number of ether oxygens (including phenoxy) is 1. The maximum absolute atomic E-state index is 8.83. The van der Waals surface area contributed by atoms with E-state index in [2.05, 4.69) is 22.0 Å². The Balaban J connectivity index is 2.18. The van der Waals surface area contributed by atoms with Crippen molar-refractivity contribution >= 4 is 27.7 Å². The number of thioether (sulfide) groups is 1. The Morgan fingerprint density at radius 3 is 2.33 bits per heavy atom. The van der Waals surface area contributed by atoms with E-state index in [9.17, 15) is 0 Å². The Hall–Kier alpha value is -1.44. The van der Waals surface area contributed by atoms with Crippen LogP contribution in [0.15, 0.2) is 51.8 Å². The molecule has 0 saturated carbocycles. The lowest BCUT2D eigenvalue weighted by Gasteiger charge is -2.07. The zero-order valence-corrected chi connectivity index (χ0v) is 12.1. The van der Waals surface area contributed by atoms with Crippen LogP contribution in [0.25, 0.3) is 0 Å². The average molecular weight is 320 g/mol. The van der Waals surface area contributed by atoms with Gasteiger partial charge in [0.15, 0.2) is 0 Å². The SMILES string of the molecule is CSc1ccc(Oc2ccc(C#N)c(Br)c2)cc1. The number of hydrogen-bond donors (Lipinski definition) is 0. The van der Waals surface area contributed by atoms with Gasteiger partial charge in [0.05, 0.1) is 5.56 Å². The molecule has 2 nitrogen and oxygen atoms in total. The van der Waals surface area contributed by atoms with Crippen LogP contribution in [0.4, 0.5) is 0 Å². The minimum atomic E-state index is 0.597. The molecule has 0 atom stereocenters. The van der Waals surface area contributed by atoms with Crippen molar-refractivity contribution in [3.63, 3.8) is 0 Å². The van der Waals surface area contributed by atoms with Crippen LogP contribution in [0.2, 0.25) is 0 Å². The smallest absolute Gasteiger partial charge is 0.128 e. The second-order valence-corrected chi connectivity index (χ2v) is 5.27. The van der Waals surface area contributed by atoms with Gasteiger partial charge in [0.1, 0.15) is 17.6 Å². The van der Waals surface area contributed by atoms with Crippen molar-refractivity contribution in [2.24, 2.45) is 0 Å². The first-order chi connectivity index (χ1) is 8.72. The van der Waals surface area contributed by atoms with Gasteiger partial charge in [-0.15, -0.1) is 11.8 Å². The molecule has 0 unspecified atom stereocenters. The molecular weight excluding hydrogens is 310 g/mol. The van der Waals surface area contributed by atoms with Gasteiger partial charge < -0.3 is 4.74 Å². The van der Waals surface area contributed by atoms with E-state index in [0.29, 0.717) is 11.3 Å². The lowest BCUT2D eigenvalue weighted by molar-refractivity contribution is 0.482. The standard InChI is InChI=1S/C14H10BrNOS/c1-18-13-6-4-11(5-7-13)17-12-3-2-10(9-16)14(15)8-12/h2-8H,1H3. The van der Waals surface area contributed by atoms with Gasteiger partial charge in [-0.1, -0.05) is 0 Å². The summed E-state index contributed by atoms with van der Waals surface area (Å²) in [6.45, 7) is 0. The summed E-state index contributed by atoms with van der Waals surface area (Å²) in [5.74, 6) is 1.49. The van der Waals surface area contributed by atoms with Gasteiger partial charge in [-0.3, -0.25) is 0 Å². The fourth-order valence-electron chi connectivity index (χ4n) is 1.43. The van der Waals surface area contributed by atoms with Crippen LogP contribution in [0, 0.1) is 11.3 Å². The van der Waals surface area contributed by atoms with E-state index in [1.165, 1.54) is 4.90 Å². The molecule has 0 aliphatic heterocycles. The van der Waals surface area contributed by atoms with Crippen LogP contribution >= 0.6 is 27.7 Å². The summed E-state index contributed by atoms with van der Waals surface area (Å²) in [5.41, 5.74) is 0.597. The van der Waals surface area contributed by atoms with Gasteiger partial charge in [0.25, 0.3) is 0 Å². The van der Waals surface area contributed by atoms with E-state index in [-0.39, 0.29) is 0 Å². The lowest BCUT2D eigenvalue weighted by Crippen LogP contribution is -1.85. The first-order valence-corrected chi connectivity index (χ1v) is 7.26. The molecule has 4 heteroatoms. The van der Waals surface area contributed by atoms with Crippen molar-refractivity contribution in [1.82, 2.24) is 0 Å². The van der Waals surface area contributed by atoms with E-state index in [0.717, 1.165) is 10.2 Å². The molecule has 2 aromatic carbocycles. The molecule has 2 rings (SSSR count). The third-order valence-electron chi connectivity index (χ3n) is 2.36.